The van der Waals surface area contributed by atoms with Crippen LogP contribution >= 0.6 is 0 Å². The molecular weight excluding hydrogens is 262 g/mol. The number of rotatable bonds is 4. The van der Waals surface area contributed by atoms with Crippen LogP contribution in [0.2, 0.25) is 0 Å². The Bertz CT molecular complexity index is 472. The molecule has 118 valence electrons. The van der Waals surface area contributed by atoms with Gasteiger partial charge in [0.05, 0.1) is 17.9 Å². The summed E-state index contributed by atoms with van der Waals surface area (Å²) >= 11 is 0. The van der Waals surface area contributed by atoms with E-state index in [1.807, 2.05) is 19.9 Å². The van der Waals surface area contributed by atoms with Gasteiger partial charge in [0.25, 0.3) is 0 Å². The average molecular weight is 291 g/mol. The van der Waals surface area contributed by atoms with Crippen LogP contribution in [-0.2, 0) is 5.60 Å². The molecule has 0 spiro atoms. The van der Waals surface area contributed by atoms with Gasteiger partial charge in [-0.3, -0.25) is 4.98 Å². The lowest BCUT2D eigenvalue weighted by Crippen LogP contribution is -2.43. The van der Waals surface area contributed by atoms with Gasteiger partial charge in [-0.2, -0.15) is 0 Å². The van der Waals surface area contributed by atoms with Crippen molar-refractivity contribution in [2.24, 2.45) is 17.8 Å². The number of nitrogens with zero attached hydrogens (tertiary/aromatic N) is 1. The van der Waals surface area contributed by atoms with E-state index in [4.69, 9.17) is 4.74 Å². The molecule has 0 aliphatic heterocycles. The van der Waals surface area contributed by atoms with Crippen LogP contribution in [0.1, 0.15) is 59.4 Å². The highest BCUT2D eigenvalue weighted by Crippen LogP contribution is 2.47. The smallest absolute Gasteiger partial charge is 0.138 e. The molecule has 1 aliphatic carbocycles. The van der Waals surface area contributed by atoms with Gasteiger partial charge < -0.3 is 9.84 Å². The molecule has 3 atom stereocenters. The third kappa shape index (κ3) is 3.57. The molecule has 1 aliphatic rings. The van der Waals surface area contributed by atoms with E-state index in [0.717, 1.165) is 24.2 Å². The molecule has 1 heterocycles. The fraction of sp³-hybridized carbons (Fsp3) is 0.722. The van der Waals surface area contributed by atoms with Gasteiger partial charge in [-0.1, -0.05) is 27.2 Å². The van der Waals surface area contributed by atoms with Crippen LogP contribution in [0.5, 0.6) is 5.75 Å². The first-order chi connectivity index (χ1) is 9.83. The molecule has 0 radical (unpaired) electrons. The molecule has 1 fully saturated rings. The topological polar surface area (TPSA) is 42.4 Å². The molecule has 21 heavy (non-hydrogen) atoms. The van der Waals surface area contributed by atoms with Gasteiger partial charge in [-0.05, 0) is 50.5 Å². The highest BCUT2D eigenvalue weighted by Gasteiger charge is 2.44. The Balaban J connectivity index is 2.35. The standard InChI is InChI=1S/C18H29NO2/c1-12(2)17-7-6-14(5)9-18(17,20)15-8-16(11-19-10-15)21-13(3)4/h8,10-14,17,20H,6-7,9H2,1-5H3. The summed E-state index contributed by atoms with van der Waals surface area (Å²) in [6.07, 6.45) is 6.72. The second-order valence-electron chi connectivity index (χ2n) is 7.24. The van der Waals surface area contributed by atoms with E-state index in [1.54, 1.807) is 12.4 Å². The Morgan fingerprint density at radius 3 is 2.57 bits per heavy atom. The average Bonchev–Trinajstić information content (AvgIpc) is 2.37. The van der Waals surface area contributed by atoms with Crippen LogP contribution in [0.3, 0.4) is 0 Å². The SMILES string of the molecule is CC1CCC(C(C)C)C(O)(c2cncc(OC(C)C)c2)C1. The lowest BCUT2D eigenvalue weighted by molar-refractivity contribution is -0.0869. The molecule has 3 heteroatoms. The van der Waals surface area contributed by atoms with Gasteiger partial charge in [-0.25, -0.2) is 0 Å². The zero-order valence-corrected chi connectivity index (χ0v) is 14.0. The van der Waals surface area contributed by atoms with Crippen molar-refractivity contribution in [1.29, 1.82) is 0 Å². The zero-order valence-electron chi connectivity index (χ0n) is 14.0. The van der Waals surface area contributed by atoms with Gasteiger partial charge in [0.1, 0.15) is 5.75 Å². The van der Waals surface area contributed by atoms with Crippen molar-refractivity contribution in [1.82, 2.24) is 4.98 Å². The van der Waals surface area contributed by atoms with Crippen molar-refractivity contribution >= 4 is 0 Å². The largest absolute Gasteiger partial charge is 0.489 e. The lowest BCUT2D eigenvalue weighted by Gasteiger charge is -2.45. The maximum absolute atomic E-state index is 11.4. The number of hydrogen-bond donors (Lipinski definition) is 1. The summed E-state index contributed by atoms with van der Waals surface area (Å²) in [7, 11) is 0. The summed E-state index contributed by atoms with van der Waals surface area (Å²) in [5, 5.41) is 11.4. The first-order valence-corrected chi connectivity index (χ1v) is 8.17. The van der Waals surface area contributed by atoms with Gasteiger partial charge in [0, 0.05) is 11.8 Å². The van der Waals surface area contributed by atoms with Crippen molar-refractivity contribution in [2.45, 2.75) is 65.6 Å². The summed E-state index contributed by atoms with van der Waals surface area (Å²) in [6.45, 7) is 10.6. The Morgan fingerprint density at radius 2 is 1.95 bits per heavy atom. The third-order valence-corrected chi connectivity index (χ3v) is 4.63. The molecule has 0 aromatic carbocycles. The van der Waals surface area contributed by atoms with Crippen molar-refractivity contribution in [3.05, 3.63) is 24.0 Å². The van der Waals surface area contributed by atoms with Crippen LogP contribution in [-0.4, -0.2) is 16.2 Å². The third-order valence-electron chi connectivity index (χ3n) is 4.63. The minimum Gasteiger partial charge on any atom is -0.489 e. The van der Waals surface area contributed by atoms with E-state index >= 15 is 0 Å². The second-order valence-corrected chi connectivity index (χ2v) is 7.24. The van der Waals surface area contributed by atoms with Crippen LogP contribution < -0.4 is 4.74 Å². The van der Waals surface area contributed by atoms with Crippen molar-refractivity contribution in [2.75, 3.05) is 0 Å². The summed E-state index contributed by atoms with van der Waals surface area (Å²) in [5.74, 6) is 2.03. The van der Waals surface area contributed by atoms with Crippen LogP contribution in [0, 0.1) is 17.8 Å². The van der Waals surface area contributed by atoms with E-state index in [9.17, 15) is 5.11 Å². The Hall–Kier alpha value is -1.09. The number of aromatic nitrogens is 1. The van der Waals surface area contributed by atoms with Crippen LogP contribution in [0.25, 0.3) is 0 Å². The first kappa shape index (κ1) is 16.3. The van der Waals surface area contributed by atoms with Crippen LogP contribution in [0.15, 0.2) is 18.5 Å². The summed E-state index contributed by atoms with van der Waals surface area (Å²) in [6, 6.07) is 1.97. The molecule has 2 rings (SSSR count). The molecule has 0 amide bonds. The lowest BCUT2D eigenvalue weighted by atomic mass is 9.64. The predicted molar refractivity (Wildman–Crippen MR) is 85.2 cm³/mol. The summed E-state index contributed by atoms with van der Waals surface area (Å²) < 4.78 is 5.74. The van der Waals surface area contributed by atoms with Gasteiger partial charge in [-0.15, -0.1) is 0 Å². The minimum absolute atomic E-state index is 0.114. The zero-order chi connectivity index (χ0) is 15.6. The number of pyridine rings is 1. The number of ether oxygens (including phenoxy) is 1. The fourth-order valence-electron chi connectivity index (χ4n) is 3.70. The fourth-order valence-corrected chi connectivity index (χ4v) is 3.70. The van der Waals surface area contributed by atoms with E-state index in [2.05, 4.69) is 25.8 Å². The molecule has 1 N–H and O–H groups in total. The maximum atomic E-state index is 11.4. The molecule has 0 saturated heterocycles. The monoisotopic (exact) mass is 291 g/mol. The Morgan fingerprint density at radius 1 is 1.24 bits per heavy atom. The molecule has 3 unspecified atom stereocenters. The molecule has 1 aromatic rings. The van der Waals surface area contributed by atoms with E-state index < -0.39 is 5.60 Å². The Labute approximate surface area is 128 Å². The summed E-state index contributed by atoms with van der Waals surface area (Å²) in [5.41, 5.74) is 0.126. The predicted octanol–water partition coefficient (Wildman–Crippen LogP) is 4.15. The highest BCUT2D eigenvalue weighted by molar-refractivity contribution is 5.29. The molecular formula is C18H29NO2. The van der Waals surface area contributed by atoms with Crippen molar-refractivity contribution in [3.63, 3.8) is 0 Å². The summed E-state index contributed by atoms with van der Waals surface area (Å²) in [4.78, 5) is 4.29. The van der Waals surface area contributed by atoms with Gasteiger partial charge >= 0.3 is 0 Å². The quantitative estimate of drug-likeness (QED) is 0.906. The number of aliphatic hydroxyl groups is 1. The first-order valence-electron chi connectivity index (χ1n) is 8.17. The van der Waals surface area contributed by atoms with Crippen molar-refractivity contribution in [3.8, 4) is 5.75 Å². The van der Waals surface area contributed by atoms with Crippen molar-refractivity contribution < 1.29 is 9.84 Å². The van der Waals surface area contributed by atoms with Gasteiger partial charge in [0.15, 0.2) is 0 Å². The maximum Gasteiger partial charge on any atom is 0.138 e. The normalized spacial score (nSPS) is 29.9. The Kier molecular flexibility index (Phi) is 4.92. The van der Waals surface area contributed by atoms with E-state index in [0.29, 0.717) is 11.8 Å². The van der Waals surface area contributed by atoms with E-state index in [-0.39, 0.29) is 12.0 Å². The molecule has 1 aromatic heterocycles. The van der Waals surface area contributed by atoms with Crippen LogP contribution in [0.4, 0.5) is 0 Å². The molecule has 0 bridgehead atoms. The number of hydrogen-bond acceptors (Lipinski definition) is 3. The van der Waals surface area contributed by atoms with Gasteiger partial charge in [0.2, 0.25) is 0 Å². The highest BCUT2D eigenvalue weighted by atomic mass is 16.5. The second kappa shape index (κ2) is 6.35. The molecule has 1 saturated carbocycles. The molecule has 3 nitrogen and oxygen atoms in total. The minimum atomic E-state index is -0.783. The van der Waals surface area contributed by atoms with E-state index in [1.165, 1.54) is 6.42 Å².